The summed E-state index contributed by atoms with van der Waals surface area (Å²) in [5.41, 5.74) is 16.1. The Balaban J connectivity index is 1.05. The number of rotatable bonds is 5. The molecule has 0 saturated heterocycles. The maximum absolute atomic E-state index is 5.45. The zero-order valence-electron chi connectivity index (χ0n) is 35.9. The van der Waals surface area contributed by atoms with Crippen molar-refractivity contribution < 1.29 is 0 Å². The number of para-hydroxylation sites is 3. The maximum atomic E-state index is 5.45. The van der Waals surface area contributed by atoms with Gasteiger partial charge in [-0.2, -0.15) is 0 Å². The van der Waals surface area contributed by atoms with Gasteiger partial charge >= 0.3 is 0 Å². The molecule has 4 nitrogen and oxygen atoms in total. The van der Waals surface area contributed by atoms with Crippen LogP contribution in [0.5, 0.6) is 0 Å². The highest BCUT2D eigenvalue weighted by Gasteiger charge is 2.57. The summed E-state index contributed by atoms with van der Waals surface area (Å²) < 4.78 is 2.52. The molecule has 9 aromatic carbocycles. The molecule has 308 valence electrons. The first kappa shape index (κ1) is 37.0. The predicted molar refractivity (Wildman–Crippen MR) is 270 cm³/mol. The van der Waals surface area contributed by atoms with Gasteiger partial charge in [-0.15, -0.1) is 0 Å². The third-order valence-corrected chi connectivity index (χ3v) is 14.5. The molecule has 0 bridgehead atoms. The number of fused-ring (bicyclic) bond motifs is 13. The van der Waals surface area contributed by atoms with Gasteiger partial charge in [-0.25, -0.2) is 15.0 Å². The Bertz CT molecular complexity index is 3820. The molecule has 0 saturated carbocycles. The van der Waals surface area contributed by atoms with Crippen molar-refractivity contribution in [1.82, 2.24) is 19.5 Å². The number of nitrogens with zero attached hydrogens (tertiary/aromatic N) is 4. The monoisotopic (exact) mass is 840 g/mol. The van der Waals surface area contributed by atoms with Gasteiger partial charge in [0.1, 0.15) is 0 Å². The van der Waals surface area contributed by atoms with E-state index in [2.05, 4.69) is 229 Å². The Morgan fingerprint density at radius 2 is 0.970 bits per heavy atom. The van der Waals surface area contributed by atoms with Crippen LogP contribution in [0.1, 0.15) is 33.7 Å². The quantitative estimate of drug-likeness (QED) is 0.173. The second-order valence-electron chi connectivity index (χ2n) is 17.8. The molecule has 2 aliphatic carbocycles. The average molecular weight is 841 g/mol. The lowest BCUT2D eigenvalue weighted by atomic mass is 9.61. The van der Waals surface area contributed by atoms with Crippen LogP contribution in [0.3, 0.4) is 0 Å². The fourth-order valence-electron chi connectivity index (χ4n) is 11.8. The van der Waals surface area contributed by atoms with Crippen molar-refractivity contribution in [3.63, 3.8) is 0 Å². The summed E-state index contributed by atoms with van der Waals surface area (Å²) in [5, 5.41) is 5.03. The Morgan fingerprint density at radius 3 is 1.80 bits per heavy atom. The van der Waals surface area contributed by atoms with Crippen LogP contribution in [0.4, 0.5) is 0 Å². The fraction of sp³-hybridized carbons (Fsp3) is 0.0484. The highest BCUT2D eigenvalue weighted by atomic mass is 15.0. The van der Waals surface area contributed by atoms with Crippen LogP contribution < -0.4 is 0 Å². The van der Waals surface area contributed by atoms with E-state index in [1.807, 2.05) is 6.07 Å². The van der Waals surface area contributed by atoms with Crippen LogP contribution in [-0.4, -0.2) is 19.5 Å². The molecule has 3 unspecified atom stereocenters. The smallest absolute Gasteiger partial charge is 0.164 e. The predicted octanol–water partition coefficient (Wildman–Crippen LogP) is 14.8. The lowest BCUT2D eigenvalue weighted by Gasteiger charge is -2.43. The first-order valence-electron chi connectivity index (χ1n) is 22.9. The van der Waals surface area contributed by atoms with Crippen molar-refractivity contribution in [2.45, 2.75) is 11.3 Å². The van der Waals surface area contributed by atoms with E-state index < -0.39 is 5.41 Å². The van der Waals surface area contributed by atoms with E-state index in [-0.39, 0.29) is 11.8 Å². The van der Waals surface area contributed by atoms with Gasteiger partial charge < -0.3 is 4.57 Å². The third-order valence-electron chi connectivity index (χ3n) is 14.5. The summed E-state index contributed by atoms with van der Waals surface area (Å²) in [7, 11) is 0. The SMILES string of the molecule is C1=CC2C(C=C1c1cccc3ccccc13)c1c(-c3nc(-c4ccccc4)nc(-c4ccc(-c5ccccc5)cc4)n3)cccc1C21c2ccccc2-n2c3ccccc3c3cccc1c32. The van der Waals surface area contributed by atoms with Crippen LogP contribution in [0, 0.1) is 5.92 Å². The maximum Gasteiger partial charge on any atom is 0.164 e. The minimum atomic E-state index is -0.529. The zero-order valence-corrected chi connectivity index (χ0v) is 35.9. The van der Waals surface area contributed by atoms with Crippen LogP contribution in [-0.2, 0) is 5.41 Å². The Kier molecular flexibility index (Phi) is 7.99. The molecule has 0 radical (unpaired) electrons. The molecular weight excluding hydrogens is 801 g/mol. The molecule has 0 fully saturated rings. The van der Waals surface area contributed by atoms with Crippen LogP contribution in [0.25, 0.3) is 89.1 Å². The van der Waals surface area contributed by atoms with Gasteiger partial charge in [0.2, 0.25) is 0 Å². The van der Waals surface area contributed by atoms with Crippen molar-refractivity contribution in [3.05, 3.63) is 258 Å². The minimum absolute atomic E-state index is 0.0139. The second kappa shape index (κ2) is 14.3. The average Bonchev–Trinajstić information content (AvgIpc) is 3.89. The molecule has 1 spiro atoms. The first-order valence-corrected chi connectivity index (χ1v) is 22.9. The van der Waals surface area contributed by atoms with E-state index in [0.29, 0.717) is 17.5 Å². The van der Waals surface area contributed by atoms with Crippen molar-refractivity contribution in [2.24, 2.45) is 5.92 Å². The summed E-state index contributed by atoms with van der Waals surface area (Å²) in [6.07, 6.45) is 7.48. The second-order valence-corrected chi connectivity index (χ2v) is 17.8. The highest BCUT2D eigenvalue weighted by molar-refractivity contribution is 6.12. The number of hydrogen-bond acceptors (Lipinski definition) is 3. The number of allylic oxidation sites excluding steroid dienone is 4. The van der Waals surface area contributed by atoms with E-state index in [0.717, 1.165) is 22.3 Å². The molecule has 2 aromatic heterocycles. The topological polar surface area (TPSA) is 43.6 Å². The molecule has 0 amide bonds. The van der Waals surface area contributed by atoms with Crippen molar-refractivity contribution in [1.29, 1.82) is 0 Å². The van der Waals surface area contributed by atoms with Gasteiger partial charge in [0.25, 0.3) is 0 Å². The lowest BCUT2D eigenvalue weighted by molar-refractivity contribution is 0.455. The van der Waals surface area contributed by atoms with Gasteiger partial charge in [0.15, 0.2) is 17.5 Å². The van der Waals surface area contributed by atoms with Gasteiger partial charge in [-0.1, -0.05) is 218 Å². The van der Waals surface area contributed by atoms with Crippen molar-refractivity contribution in [3.8, 4) is 51.0 Å². The van der Waals surface area contributed by atoms with Gasteiger partial charge in [0.05, 0.1) is 22.1 Å². The molecule has 11 aromatic rings. The molecule has 14 rings (SSSR count). The summed E-state index contributed by atoms with van der Waals surface area (Å²) in [4.78, 5) is 16.1. The molecular formula is C62H40N4. The molecule has 66 heavy (non-hydrogen) atoms. The summed E-state index contributed by atoms with van der Waals surface area (Å²) in [5.74, 6) is 2.00. The molecule has 4 heteroatoms. The summed E-state index contributed by atoms with van der Waals surface area (Å²) >= 11 is 0. The minimum Gasteiger partial charge on any atom is -0.309 e. The molecule has 3 heterocycles. The van der Waals surface area contributed by atoms with E-state index in [9.17, 15) is 0 Å². The van der Waals surface area contributed by atoms with Gasteiger partial charge in [-0.05, 0) is 67.4 Å². The normalized spacial score (nSPS) is 17.8. The Labute approximate surface area is 382 Å². The van der Waals surface area contributed by atoms with Crippen LogP contribution >= 0.6 is 0 Å². The number of hydrogen-bond donors (Lipinski definition) is 0. The van der Waals surface area contributed by atoms with Crippen molar-refractivity contribution >= 4 is 38.2 Å². The van der Waals surface area contributed by atoms with E-state index >= 15 is 0 Å². The molecule has 3 aliphatic rings. The fourth-order valence-corrected chi connectivity index (χ4v) is 11.8. The van der Waals surface area contributed by atoms with E-state index in [1.165, 1.54) is 77.2 Å². The third kappa shape index (κ3) is 5.24. The first-order chi connectivity index (χ1) is 32.7. The Morgan fingerprint density at radius 1 is 0.409 bits per heavy atom. The summed E-state index contributed by atoms with van der Waals surface area (Å²) in [6, 6.07) is 76.7. The molecule has 3 atom stereocenters. The molecule has 1 aliphatic heterocycles. The molecule has 0 N–H and O–H groups in total. The summed E-state index contributed by atoms with van der Waals surface area (Å²) in [6.45, 7) is 0. The number of aromatic nitrogens is 4. The standard InChI is InChI=1S/C62H40N4/c1-3-16-39(17-4-1)40-32-34-43(35-33-40)60-63-59(42-19-5-2-6-20-42)64-61(65-60)49-26-15-28-53-57(49)50-38-44(46-24-13-21-41-18-7-8-22-45(41)46)36-37-51(50)62(53)52-27-10-12-31-56(52)66-55-30-11-9-23-47(55)48-25-14-29-54(62)58(48)66/h1-38,50-51H. The lowest BCUT2D eigenvalue weighted by Crippen LogP contribution is -2.38. The van der Waals surface area contributed by atoms with Crippen LogP contribution in [0.15, 0.2) is 231 Å². The van der Waals surface area contributed by atoms with E-state index in [4.69, 9.17) is 15.0 Å². The van der Waals surface area contributed by atoms with Gasteiger partial charge in [0, 0.05) is 39.3 Å². The zero-order chi connectivity index (χ0) is 43.3. The Hall–Kier alpha value is -8.47. The van der Waals surface area contributed by atoms with E-state index in [1.54, 1.807) is 0 Å². The largest absolute Gasteiger partial charge is 0.309 e. The van der Waals surface area contributed by atoms with Crippen LogP contribution in [0.2, 0.25) is 0 Å². The highest BCUT2D eigenvalue weighted by Crippen LogP contribution is 2.65. The number of benzene rings is 9. The van der Waals surface area contributed by atoms with Crippen molar-refractivity contribution in [2.75, 3.05) is 0 Å². The van der Waals surface area contributed by atoms with Gasteiger partial charge in [-0.3, -0.25) is 0 Å².